The van der Waals surface area contributed by atoms with Gasteiger partial charge in [0.1, 0.15) is 10.8 Å². The second kappa shape index (κ2) is 5.72. The van der Waals surface area contributed by atoms with Crippen molar-refractivity contribution in [3.8, 4) is 0 Å². The third kappa shape index (κ3) is 3.00. The Morgan fingerprint density at radius 1 is 1.69 bits per heavy atom. The minimum Gasteiger partial charge on any atom is -0.462 e. The summed E-state index contributed by atoms with van der Waals surface area (Å²) in [5.41, 5.74) is -0.492. The van der Waals surface area contributed by atoms with E-state index >= 15 is 0 Å². The molecule has 0 fully saturated rings. The van der Waals surface area contributed by atoms with Gasteiger partial charge in [-0.2, -0.15) is 0 Å². The van der Waals surface area contributed by atoms with E-state index in [0.29, 0.717) is 0 Å². The van der Waals surface area contributed by atoms with Crippen LogP contribution in [0.15, 0.2) is 6.07 Å². The fourth-order valence-electron chi connectivity index (χ4n) is 1.02. The Morgan fingerprint density at radius 2 is 2.31 bits per heavy atom. The lowest BCUT2D eigenvalue weighted by Gasteiger charge is -2.08. The number of alkyl halides is 2. The van der Waals surface area contributed by atoms with E-state index in [0.717, 1.165) is 0 Å². The van der Waals surface area contributed by atoms with E-state index in [9.17, 15) is 13.6 Å². The van der Waals surface area contributed by atoms with Crippen LogP contribution in [-0.2, 0) is 4.74 Å². The highest BCUT2D eigenvalue weighted by molar-refractivity contribution is 14.1. The summed E-state index contributed by atoms with van der Waals surface area (Å²) in [6.45, 7) is 1.79. The molecule has 0 aliphatic heterocycles. The Kier molecular flexibility index (Phi) is 4.85. The van der Waals surface area contributed by atoms with Crippen LogP contribution in [0.3, 0.4) is 0 Å². The van der Waals surface area contributed by atoms with Crippen molar-refractivity contribution in [3.05, 3.63) is 26.0 Å². The van der Waals surface area contributed by atoms with E-state index in [1.807, 2.05) is 0 Å². The van der Waals surface area contributed by atoms with Crippen LogP contribution in [0, 0.1) is 3.57 Å². The predicted molar refractivity (Wildman–Crippen MR) is 62.9 cm³/mol. The number of carbonyl (C=O) groups excluding carboxylic acids is 1. The van der Waals surface area contributed by atoms with Gasteiger partial charge in [0.05, 0.1) is 15.7 Å². The van der Waals surface area contributed by atoms with Gasteiger partial charge in [-0.05, 0) is 35.6 Å². The van der Waals surface area contributed by atoms with Crippen LogP contribution in [0.1, 0.15) is 29.4 Å². The number of hydrogen-bond donors (Lipinski definition) is 0. The summed E-state index contributed by atoms with van der Waals surface area (Å²) < 4.78 is 29.9. The summed E-state index contributed by atoms with van der Waals surface area (Å²) in [5.74, 6) is -0.682. The van der Waals surface area contributed by atoms with Crippen molar-refractivity contribution in [2.45, 2.75) is 13.3 Å². The number of carbonyl (C=O) groups is 1. The summed E-state index contributed by atoms with van der Waals surface area (Å²) in [7, 11) is 0. The summed E-state index contributed by atoms with van der Waals surface area (Å²) in [6, 6.07) is 1.22. The minimum atomic E-state index is -2.78. The van der Waals surface area contributed by atoms with Crippen molar-refractivity contribution in [3.63, 3.8) is 0 Å². The van der Waals surface area contributed by atoms with Crippen LogP contribution in [-0.4, -0.2) is 17.6 Å². The average molecular weight is 362 g/mol. The van der Waals surface area contributed by atoms with Crippen LogP contribution in [0.25, 0.3) is 0 Å². The third-order valence-electron chi connectivity index (χ3n) is 1.65. The molecule has 88 valence electrons. The molecule has 1 aromatic rings. The zero-order chi connectivity index (χ0) is 12.3. The normalized spacial score (nSPS) is 10.6. The lowest BCUT2D eigenvalue weighted by Crippen LogP contribution is -2.10. The first-order valence-electron chi connectivity index (χ1n) is 4.28. The zero-order valence-electron chi connectivity index (χ0n) is 8.14. The number of hydrogen-bond acceptors (Lipinski definition) is 3. The van der Waals surface area contributed by atoms with E-state index in [4.69, 9.17) is 16.3 Å². The van der Waals surface area contributed by atoms with E-state index in [2.05, 4.69) is 4.98 Å². The van der Waals surface area contributed by atoms with Crippen molar-refractivity contribution in [1.29, 1.82) is 0 Å². The van der Waals surface area contributed by atoms with Crippen LogP contribution in [0.5, 0.6) is 0 Å². The molecular weight excluding hydrogens is 354 g/mol. The number of nitrogens with zero attached hydrogens (tertiary/aromatic N) is 1. The molecule has 0 aliphatic rings. The topological polar surface area (TPSA) is 39.2 Å². The average Bonchev–Trinajstić information content (AvgIpc) is 2.20. The Hall–Kier alpha value is -0.500. The molecule has 0 N–H and O–H groups in total. The van der Waals surface area contributed by atoms with Gasteiger partial charge in [0.25, 0.3) is 6.43 Å². The standard InChI is InChI=1S/C9H7ClF2INO2/c1-2-16-9(15)4-3-5(10)14-7(6(4)13)8(11)12/h3,8H,2H2,1H3. The van der Waals surface area contributed by atoms with Crippen LogP contribution in [0.2, 0.25) is 5.15 Å². The Morgan fingerprint density at radius 3 is 2.81 bits per heavy atom. The molecule has 0 atom stereocenters. The first-order valence-corrected chi connectivity index (χ1v) is 5.74. The Labute approximate surface area is 109 Å². The molecule has 1 heterocycles. The van der Waals surface area contributed by atoms with E-state index in [-0.39, 0.29) is 20.9 Å². The van der Waals surface area contributed by atoms with Gasteiger partial charge in [0.2, 0.25) is 0 Å². The molecule has 0 aliphatic carbocycles. The number of rotatable bonds is 3. The summed E-state index contributed by atoms with van der Waals surface area (Å²) in [6.07, 6.45) is -2.78. The molecule has 0 radical (unpaired) electrons. The summed E-state index contributed by atoms with van der Waals surface area (Å²) in [4.78, 5) is 14.9. The van der Waals surface area contributed by atoms with Gasteiger partial charge in [0.15, 0.2) is 0 Å². The van der Waals surface area contributed by atoms with Gasteiger partial charge in [-0.25, -0.2) is 18.6 Å². The maximum atomic E-state index is 12.6. The summed E-state index contributed by atoms with van der Waals surface area (Å²) in [5, 5.41) is -0.154. The quantitative estimate of drug-likeness (QED) is 0.470. The Balaban J connectivity index is 3.24. The van der Waals surface area contributed by atoms with Crippen LogP contribution < -0.4 is 0 Å². The molecule has 3 nitrogen and oxygen atoms in total. The number of pyridine rings is 1. The highest BCUT2D eigenvalue weighted by atomic mass is 127. The van der Waals surface area contributed by atoms with Crippen LogP contribution >= 0.6 is 34.2 Å². The van der Waals surface area contributed by atoms with Crippen molar-refractivity contribution >= 4 is 40.2 Å². The molecule has 0 amide bonds. The molecule has 7 heteroatoms. The molecular formula is C9H7ClF2INO2. The van der Waals surface area contributed by atoms with Gasteiger partial charge in [-0.1, -0.05) is 11.6 Å². The lowest BCUT2D eigenvalue weighted by atomic mass is 10.2. The third-order valence-corrected chi connectivity index (χ3v) is 2.98. The van der Waals surface area contributed by atoms with Gasteiger partial charge in [-0.3, -0.25) is 0 Å². The minimum absolute atomic E-state index is 0.0118. The predicted octanol–water partition coefficient (Wildman–Crippen LogP) is 3.45. The van der Waals surface area contributed by atoms with Crippen LogP contribution in [0.4, 0.5) is 8.78 Å². The van der Waals surface area contributed by atoms with E-state index in [1.54, 1.807) is 29.5 Å². The first kappa shape index (κ1) is 13.6. The molecule has 0 saturated heterocycles. The van der Waals surface area contributed by atoms with Gasteiger partial charge >= 0.3 is 5.97 Å². The number of esters is 1. The molecule has 0 bridgehead atoms. The first-order chi connectivity index (χ1) is 7.47. The van der Waals surface area contributed by atoms with Gasteiger partial charge in [0, 0.05) is 0 Å². The number of halogens is 4. The molecule has 1 aromatic heterocycles. The van der Waals surface area contributed by atoms with Crippen molar-refractivity contribution < 1.29 is 18.3 Å². The largest absolute Gasteiger partial charge is 0.462 e. The molecule has 1 rings (SSSR count). The highest BCUT2D eigenvalue weighted by Crippen LogP contribution is 2.27. The molecule has 0 aromatic carbocycles. The monoisotopic (exact) mass is 361 g/mol. The maximum Gasteiger partial charge on any atom is 0.339 e. The van der Waals surface area contributed by atoms with E-state index < -0.39 is 18.1 Å². The summed E-state index contributed by atoms with van der Waals surface area (Å²) >= 11 is 7.18. The maximum absolute atomic E-state index is 12.6. The molecule has 0 saturated carbocycles. The smallest absolute Gasteiger partial charge is 0.339 e. The molecule has 16 heavy (non-hydrogen) atoms. The lowest BCUT2D eigenvalue weighted by molar-refractivity contribution is 0.0524. The number of ether oxygens (including phenoxy) is 1. The fraction of sp³-hybridized carbons (Fsp3) is 0.333. The number of aromatic nitrogens is 1. The van der Waals surface area contributed by atoms with Crippen molar-refractivity contribution in [2.24, 2.45) is 0 Å². The van der Waals surface area contributed by atoms with Crippen molar-refractivity contribution in [1.82, 2.24) is 4.98 Å². The second-order valence-corrected chi connectivity index (χ2v) is 4.18. The van der Waals surface area contributed by atoms with E-state index in [1.165, 1.54) is 6.07 Å². The van der Waals surface area contributed by atoms with Crippen molar-refractivity contribution in [2.75, 3.05) is 6.61 Å². The Bertz CT molecular complexity index is 415. The van der Waals surface area contributed by atoms with Gasteiger partial charge in [-0.15, -0.1) is 0 Å². The molecule has 0 spiro atoms. The zero-order valence-corrected chi connectivity index (χ0v) is 11.1. The molecule has 0 unspecified atom stereocenters. The second-order valence-electron chi connectivity index (χ2n) is 2.71. The highest BCUT2D eigenvalue weighted by Gasteiger charge is 2.22. The SMILES string of the molecule is CCOC(=O)c1cc(Cl)nc(C(F)F)c1I. The fourth-order valence-corrected chi connectivity index (χ4v) is 1.95. The van der Waals surface area contributed by atoms with Gasteiger partial charge < -0.3 is 4.74 Å².